The van der Waals surface area contributed by atoms with Gasteiger partial charge in [-0.05, 0) is 56.3 Å². The molecule has 3 aromatic rings. The van der Waals surface area contributed by atoms with Crippen LogP contribution in [-0.4, -0.2) is 59.3 Å². The molecule has 0 aliphatic heterocycles. The topological polar surface area (TPSA) is 69.0 Å². The molecule has 7 nitrogen and oxygen atoms in total. The summed E-state index contributed by atoms with van der Waals surface area (Å²) >= 11 is 6.11. The van der Waals surface area contributed by atoms with Gasteiger partial charge in [-0.2, -0.15) is 5.10 Å². The summed E-state index contributed by atoms with van der Waals surface area (Å²) in [6, 6.07) is 14.9. The van der Waals surface area contributed by atoms with Gasteiger partial charge in [-0.15, -0.1) is 6.42 Å². The molecule has 1 atom stereocenters. The SMILES string of the molecule is C#CCOC[C@@H](O)CN(CCC)Cc1c(C)nn(-c2ccc(Cl)cc2)c1Oc1ccccc1OC. The highest BCUT2D eigenvalue weighted by Gasteiger charge is 2.23. The third-order valence-corrected chi connectivity index (χ3v) is 5.62. The summed E-state index contributed by atoms with van der Waals surface area (Å²) < 4.78 is 19.0. The van der Waals surface area contributed by atoms with Crippen molar-refractivity contribution in [1.29, 1.82) is 0 Å². The maximum atomic E-state index is 10.5. The highest BCUT2D eigenvalue weighted by atomic mass is 35.5. The molecule has 186 valence electrons. The number of rotatable bonds is 13. The second-order valence-corrected chi connectivity index (χ2v) is 8.55. The van der Waals surface area contributed by atoms with E-state index in [-0.39, 0.29) is 13.2 Å². The van der Waals surface area contributed by atoms with Gasteiger partial charge in [-0.25, -0.2) is 4.68 Å². The predicted octanol–water partition coefficient (Wildman–Crippen LogP) is 4.86. The summed E-state index contributed by atoms with van der Waals surface area (Å²) in [4.78, 5) is 2.16. The number of para-hydroxylation sites is 2. The molecule has 0 aliphatic rings. The Bertz CT molecular complexity index is 1120. The monoisotopic (exact) mass is 497 g/mol. The summed E-state index contributed by atoms with van der Waals surface area (Å²) in [7, 11) is 1.61. The summed E-state index contributed by atoms with van der Waals surface area (Å²) in [6.45, 7) is 6.15. The number of aryl methyl sites for hydroxylation is 1. The van der Waals surface area contributed by atoms with E-state index in [4.69, 9.17) is 37.3 Å². The first-order chi connectivity index (χ1) is 17.0. The lowest BCUT2D eigenvalue weighted by molar-refractivity contribution is 0.0259. The van der Waals surface area contributed by atoms with Crippen LogP contribution in [0.1, 0.15) is 24.6 Å². The van der Waals surface area contributed by atoms with Crippen LogP contribution in [0.3, 0.4) is 0 Å². The molecule has 1 N–H and O–H groups in total. The van der Waals surface area contributed by atoms with Gasteiger partial charge in [-0.3, -0.25) is 4.90 Å². The second kappa shape index (κ2) is 13.2. The van der Waals surface area contributed by atoms with E-state index in [9.17, 15) is 5.11 Å². The summed E-state index contributed by atoms with van der Waals surface area (Å²) in [6.07, 6.45) is 5.49. The molecule has 3 rings (SSSR count). The standard InChI is InChI=1S/C27H32ClN3O4/c1-5-15-30(17-23(32)19-34-16-6-2)18-24-20(3)29-31(22-13-11-21(28)12-14-22)27(24)35-26-10-8-7-9-25(26)33-4/h2,7-14,23,32H,5,15-19H2,1,3-4H3/t23-/m0/s1. The Labute approximate surface area is 212 Å². The number of aliphatic hydroxyl groups excluding tert-OH is 1. The van der Waals surface area contributed by atoms with Crippen molar-refractivity contribution < 1.29 is 19.3 Å². The average molecular weight is 498 g/mol. The largest absolute Gasteiger partial charge is 0.493 e. The van der Waals surface area contributed by atoms with E-state index in [2.05, 4.69) is 17.7 Å². The minimum absolute atomic E-state index is 0.175. The fourth-order valence-corrected chi connectivity index (χ4v) is 3.90. The van der Waals surface area contributed by atoms with Gasteiger partial charge in [0, 0.05) is 18.1 Å². The molecule has 0 bridgehead atoms. The van der Waals surface area contributed by atoms with Crippen LogP contribution in [0, 0.1) is 19.3 Å². The number of aromatic nitrogens is 2. The van der Waals surface area contributed by atoms with E-state index >= 15 is 0 Å². The molecule has 0 unspecified atom stereocenters. The Morgan fingerprint density at radius 3 is 2.54 bits per heavy atom. The molecule has 0 spiro atoms. The molecule has 2 aromatic carbocycles. The molecule has 1 aromatic heterocycles. The number of methoxy groups -OCH3 is 1. The minimum atomic E-state index is -0.667. The number of halogens is 1. The van der Waals surface area contributed by atoms with E-state index in [1.807, 2.05) is 55.5 Å². The minimum Gasteiger partial charge on any atom is -0.493 e. The Hall–Kier alpha value is -3.02. The van der Waals surface area contributed by atoms with Gasteiger partial charge < -0.3 is 19.3 Å². The number of hydrogen-bond donors (Lipinski definition) is 1. The molecular weight excluding hydrogens is 466 g/mol. The van der Waals surface area contributed by atoms with E-state index in [0.29, 0.717) is 35.5 Å². The Morgan fingerprint density at radius 1 is 1.17 bits per heavy atom. The van der Waals surface area contributed by atoms with E-state index < -0.39 is 6.10 Å². The van der Waals surface area contributed by atoms with Crippen LogP contribution in [0.2, 0.25) is 5.02 Å². The zero-order valence-electron chi connectivity index (χ0n) is 20.4. The van der Waals surface area contributed by atoms with Crippen molar-refractivity contribution in [3.63, 3.8) is 0 Å². The van der Waals surface area contributed by atoms with Crippen molar-refractivity contribution >= 4 is 11.6 Å². The highest BCUT2D eigenvalue weighted by Crippen LogP contribution is 2.36. The fraction of sp³-hybridized carbons (Fsp3) is 0.370. The number of ether oxygens (including phenoxy) is 3. The van der Waals surface area contributed by atoms with Gasteiger partial charge >= 0.3 is 0 Å². The molecule has 8 heteroatoms. The van der Waals surface area contributed by atoms with E-state index in [1.165, 1.54) is 0 Å². The van der Waals surface area contributed by atoms with Crippen molar-refractivity contribution in [2.24, 2.45) is 0 Å². The number of nitrogens with zero attached hydrogens (tertiary/aromatic N) is 3. The maximum Gasteiger partial charge on any atom is 0.227 e. The lowest BCUT2D eigenvalue weighted by Crippen LogP contribution is -2.35. The van der Waals surface area contributed by atoms with Crippen molar-refractivity contribution in [3.8, 4) is 35.4 Å². The zero-order valence-corrected chi connectivity index (χ0v) is 21.2. The molecule has 0 fully saturated rings. The first kappa shape index (κ1) is 26.6. The summed E-state index contributed by atoms with van der Waals surface area (Å²) in [5, 5.41) is 15.9. The number of aliphatic hydroxyl groups is 1. The van der Waals surface area contributed by atoms with Crippen molar-refractivity contribution in [1.82, 2.24) is 14.7 Å². The molecule has 0 saturated carbocycles. The van der Waals surface area contributed by atoms with Crippen molar-refractivity contribution in [2.45, 2.75) is 32.9 Å². The first-order valence-corrected chi connectivity index (χ1v) is 11.9. The van der Waals surface area contributed by atoms with Gasteiger partial charge in [0.25, 0.3) is 0 Å². The van der Waals surface area contributed by atoms with Gasteiger partial charge in [0.15, 0.2) is 11.5 Å². The molecule has 0 radical (unpaired) electrons. The predicted molar refractivity (Wildman–Crippen MR) is 138 cm³/mol. The second-order valence-electron chi connectivity index (χ2n) is 8.12. The third kappa shape index (κ3) is 7.23. The molecule has 1 heterocycles. The summed E-state index contributed by atoms with van der Waals surface area (Å²) in [5.74, 6) is 4.19. The van der Waals surface area contributed by atoms with Crippen molar-refractivity contribution in [3.05, 3.63) is 64.8 Å². The van der Waals surface area contributed by atoms with Crippen LogP contribution in [-0.2, 0) is 11.3 Å². The summed E-state index contributed by atoms with van der Waals surface area (Å²) in [5.41, 5.74) is 2.55. The van der Waals surface area contributed by atoms with Gasteiger partial charge in [0.2, 0.25) is 5.88 Å². The zero-order chi connectivity index (χ0) is 25.2. The van der Waals surface area contributed by atoms with Gasteiger partial charge in [-0.1, -0.05) is 36.6 Å². The Kier molecular flexibility index (Phi) is 10.0. The Balaban J connectivity index is 1.97. The lowest BCUT2D eigenvalue weighted by Gasteiger charge is -2.25. The number of benzene rings is 2. The number of hydrogen-bond acceptors (Lipinski definition) is 6. The third-order valence-electron chi connectivity index (χ3n) is 5.37. The van der Waals surface area contributed by atoms with E-state index in [1.54, 1.807) is 11.8 Å². The van der Waals surface area contributed by atoms with Crippen molar-refractivity contribution in [2.75, 3.05) is 33.4 Å². The van der Waals surface area contributed by atoms with Crippen LogP contribution in [0.15, 0.2) is 48.5 Å². The maximum absolute atomic E-state index is 10.5. The fourth-order valence-electron chi connectivity index (χ4n) is 3.77. The molecule has 0 amide bonds. The lowest BCUT2D eigenvalue weighted by atomic mass is 10.2. The highest BCUT2D eigenvalue weighted by molar-refractivity contribution is 6.30. The van der Waals surface area contributed by atoms with Crippen LogP contribution in [0.25, 0.3) is 5.69 Å². The molecule has 35 heavy (non-hydrogen) atoms. The normalized spacial score (nSPS) is 11.9. The first-order valence-electron chi connectivity index (χ1n) is 11.5. The van der Waals surface area contributed by atoms with Crippen LogP contribution in [0.5, 0.6) is 17.4 Å². The quantitative estimate of drug-likeness (QED) is 0.269. The smallest absolute Gasteiger partial charge is 0.227 e. The van der Waals surface area contributed by atoms with Gasteiger partial charge in [0.05, 0.1) is 36.8 Å². The molecule has 0 aliphatic carbocycles. The van der Waals surface area contributed by atoms with Crippen LogP contribution >= 0.6 is 11.6 Å². The Morgan fingerprint density at radius 2 is 1.89 bits per heavy atom. The molecular formula is C27H32ClN3O4. The van der Waals surface area contributed by atoms with Gasteiger partial charge in [0.1, 0.15) is 6.61 Å². The van der Waals surface area contributed by atoms with Crippen LogP contribution in [0.4, 0.5) is 0 Å². The molecule has 0 saturated heterocycles. The number of terminal acetylenes is 1. The average Bonchev–Trinajstić information content (AvgIpc) is 3.15. The van der Waals surface area contributed by atoms with Crippen LogP contribution < -0.4 is 9.47 Å². The van der Waals surface area contributed by atoms with E-state index in [0.717, 1.165) is 29.9 Å².